The van der Waals surface area contributed by atoms with Gasteiger partial charge in [0.25, 0.3) is 5.91 Å². The van der Waals surface area contributed by atoms with E-state index in [1.165, 1.54) is 25.7 Å². The van der Waals surface area contributed by atoms with Crippen LogP contribution in [0.3, 0.4) is 0 Å². The Morgan fingerprint density at radius 3 is 2.54 bits per heavy atom. The lowest BCUT2D eigenvalue weighted by Crippen LogP contribution is -2.48. The van der Waals surface area contributed by atoms with Crippen LogP contribution >= 0.6 is 0 Å². The van der Waals surface area contributed by atoms with E-state index in [0.717, 1.165) is 75.0 Å². The lowest BCUT2D eigenvalue weighted by molar-refractivity contribution is -0.696. The van der Waals surface area contributed by atoms with Gasteiger partial charge >= 0.3 is 5.96 Å². The summed E-state index contributed by atoms with van der Waals surface area (Å²) >= 11 is 0. The number of guanidine groups is 1. The highest BCUT2D eigenvalue weighted by molar-refractivity contribution is 5.97. The third-order valence-corrected chi connectivity index (χ3v) is 8.92. The van der Waals surface area contributed by atoms with Crippen molar-refractivity contribution in [2.24, 2.45) is 4.99 Å². The van der Waals surface area contributed by atoms with Gasteiger partial charge in [-0.1, -0.05) is 25.7 Å². The van der Waals surface area contributed by atoms with E-state index < -0.39 is 0 Å². The van der Waals surface area contributed by atoms with Crippen molar-refractivity contribution in [3.05, 3.63) is 35.3 Å². The van der Waals surface area contributed by atoms with Crippen LogP contribution in [0.5, 0.6) is 5.75 Å². The first-order chi connectivity index (χ1) is 18.0. The molecule has 0 bridgehead atoms. The van der Waals surface area contributed by atoms with Crippen molar-refractivity contribution in [2.75, 3.05) is 45.7 Å². The summed E-state index contributed by atoms with van der Waals surface area (Å²) in [5, 5.41) is 6.75. The van der Waals surface area contributed by atoms with Gasteiger partial charge in [0.1, 0.15) is 31.1 Å². The summed E-state index contributed by atoms with van der Waals surface area (Å²) < 4.78 is 6.43. The largest absolute Gasteiger partial charge is 0.495 e. The Morgan fingerprint density at radius 2 is 1.84 bits per heavy atom. The second-order valence-electron chi connectivity index (χ2n) is 11.3. The van der Waals surface area contributed by atoms with E-state index in [1.807, 2.05) is 30.1 Å². The highest BCUT2D eigenvalue weighted by Crippen LogP contribution is 2.39. The minimum absolute atomic E-state index is 0.0469. The Hall–Kier alpha value is -3.07. The maximum absolute atomic E-state index is 12.9. The maximum atomic E-state index is 12.9. The van der Waals surface area contributed by atoms with Crippen LogP contribution < -0.4 is 15.4 Å². The summed E-state index contributed by atoms with van der Waals surface area (Å²) in [6.45, 7) is 3.45. The Bertz CT molecular complexity index is 1140. The predicted molar refractivity (Wildman–Crippen MR) is 142 cm³/mol. The van der Waals surface area contributed by atoms with Crippen LogP contribution in [0.25, 0.3) is 0 Å². The normalized spacial score (nSPS) is 23.7. The SMILES string of the molecule is COc1cc(C(=O)NC2CCCC2)ccc1NC1=NC2=C(C[N+]13CC3)N(C)C(=O)CCN2C1CCCC1. The molecule has 37 heavy (non-hydrogen) atoms. The lowest BCUT2D eigenvalue weighted by Gasteiger charge is -2.35. The van der Waals surface area contributed by atoms with E-state index >= 15 is 0 Å². The summed E-state index contributed by atoms with van der Waals surface area (Å²) in [4.78, 5) is 35.2. The molecular weight excluding hydrogens is 468 g/mol. The van der Waals surface area contributed by atoms with Crippen LogP contribution in [0.4, 0.5) is 5.69 Å². The lowest BCUT2D eigenvalue weighted by atomic mass is 10.1. The Morgan fingerprint density at radius 1 is 1.11 bits per heavy atom. The van der Waals surface area contributed by atoms with Gasteiger partial charge in [0.15, 0.2) is 5.82 Å². The summed E-state index contributed by atoms with van der Waals surface area (Å²) in [5.74, 6) is 2.60. The molecule has 1 spiro atoms. The molecule has 0 atom stereocenters. The Balaban J connectivity index is 1.29. The number of carbonyl (C=O) groups excluding carboxylic acids is 2. The second kappa shape index (κ2) is 9.67. The zero-order chi connectivity index (χ0) is 25.6. The third kappa shape index (κ3) is 4.58. The number of hydrogen-bond acceptors (Lipinski definition) is 6. The molecule has 9 heteroatoms. The number of aliphatic imine (C=N–C) groups is 1. The molecule has 2 amide bonds. The molecule has 9 nitrogen and oxygen atoms in total. The van der Waals surface area contributed by atoms with Crippen molar-refractivity contribution in [3.8, 4) is 5.75 Å². The van der Waals surface area contributed by atoms with Crippen LogP contribution in [-0.4, -0.2) is 84.5 Å². The Labute approximate surface area is 219 Å². The van der Waals surface area contributed by atoms with E-state index in [9.17, 15) is 9.59 Å². The number of likely N-dealkylation sites (N-methyl/N-ethyl adjacent to an activating group) is 1. The van der Waals surface area contributed by atoms with Crippen molar-refractivity contribution >= 4 is 23.5 Å². The maximum Gasteiger partial charge on any atom is 0.309 e. The Kier molecular flexibility index (Phi) is 6.34. The standard InChI is InChI=1S/C28H38N6O3/c1-32-23-18-34(15-16-34)28(31-26(23)33(14-13-25(32)35)21-9-5-6-10-21)30-22-12-11-19(17-24(22)37-2)27(36)29-20-7-3-4-8-20/h11-12,17,20-21H,3-10,13-16,18H2,1-2H3,(H-,29,30,31,36)/p+1. The van der Waals surface area contributed by atoms with Crippen molar-refractivity contribution in [1.82, 2.24) is 15.1 Å². The van der Waals surface area contributed by atoms with Gasteiger partial charge in [0.2, 0.25) is 5.91 Å². The van der Waals surface area contributed by atoms with E-state index in [2.05, 4.69) is 15.5 Å². The fourth-order valence-corrected chi connectivity index (χ4v) is 6.43. The van der Waals surface area contributed by atoms with Gasteiger partial charge in [-0.05, 0) is 43.9 Å². The molecule has 2 aliphatic carbocycles. The first-order valence-electron chi connectivity index (χ1n) is 13.9. The number of nitrogens with zero attached hydrogens (tertiary/aromatic N) is 4. The van der Waals surface area contributed by atoms with Crippen LogP contribution in [0.15, 0.2) is 34.7 Å². The van der Waals surface area contributed by atoms with Crippen molar-refractivity contribution in [1.29, 1.82) is 0 Å². The fourth-order valence-electron chi connectivity index (χ4n) is 6.43. The number of quaternary nitrogens is 1. The molecule has 5 aliphatic rings. The number of methoxy groups -OCH3 is 1. The van der Waals surface area contributed by atoms with Gasteiger partial charge in [-0.25, -0.2) is 4.48 Å². The number of carbonyl (C=O) groups is 2. The summed E-state index contributed by atoms with van der Waals surface area (Å²) in [5.41, 5.74) is 2.46. The molecule has 1 aromatic carbocycles. The molecule has 6 rings (SSSR count). The first-order valence-corrected chi connectivity index (χ1v) is 13.9. The fraction of sp³-hybridized carbons (Fsp3) is 0.607. The molecule has 1 saturated heterocycles. The number of anilines is 1. The van der Waals surface area contributed by atoms with Gasteiger partial charge < -0.3 is 19.9 Å². The number of ether oxygens (including phenoxy) is 1. The highest BCUT2D eigenvalue weighted by atomic mass is 16.5. The topological polar surface area (TPSA) is 86.3 Å². The molecule has 0 unspecified atom stereocenters. The molecule has 0 radical (unpaired) electrons. The average molecular weight is 508 g/mol. The number of rotatable bonds is 5. The zero-order valence-electron chi connectivity index (χ0n) is 22.1. The van der Waals surface area contributed by atoms with Crippen LogP contribution in [0, 0.1) is 0 Å². The molecule has 0 aromatic heterocycles. The smallest absolute Gasteiger partial charge is 0.309 e. The summed E-state index contributed by atoms with van der Waals surface area (Å²) in [6, 6.07) is 6.32. The minimum atomic E-state index is -0.0469. The highest BCUT2D eigenvalue weighted by Gasteiger charge is 2.54. The van der Waals surface area contributed by atoms with Gasteiger partial charge in [-0.15, -0.1) is 0 Å². The molecule has 3 heterocycles. The predicted octanol–water partition coefficient (Wildman–Crippen LogP) is 3.26. The van der Waals surface area contributed by atoms with Crippen molar-refractivity contribution in [3.63, 3.8) is 0 Å². The summed E-state index contributed by atoms with van der Waals surface area (Å²) in [6.07, 6.45) is 9.78. The monoisotopic (exact) mass is 507 g/mol. The molecule has 2 N–H and O–H groups in total. The van der Waals surface area contributed by atoms with Crippen molar-refractivity contribution in [2.45, 2.75) is 69.9 Å². The molecule has 3 aliphatic heterocycles. The average Bonchev–Trinajstić information content (AvgIpc) is 3.27. The number of nitrogens with one attached hydrogen (secondary N) is 2. The quantitative estimate of drug-likeness (QED) is 0.472. The van der Waals surface area contributed by atoms with Crippen LogP contribution in [0.1, 0.15) is 68.1 Å². The second-order valence-corrected chi connectivity index (χ2v) is 11.3. The van der Waals surface area contributed by atoms with Crippen LogP contribution in [0.2, 0.25) is 0 Å². The van der Waals surface area contributed by atoms with E-state index in [-0.39, 0.29) is 17.9 Å². The van der Waals surface area contributed by atoms with Gasteiger partial charge in [0, 0.05) is 37.7 Å². The molecule has 2 saturated carbocycles. The van der Waals surface area contributed by atoms with Gasteiger partial charge in [0.05, 0.1) is 12.8 Å². The van der Waals surface area contributed by atoms with Gasteiger partial charge in [-0.2, -0.15) is 4.99 Å². The zero-order valence-corrected chi connectivity index (χ0v) is 22.1. The number of amides is 2. The number of benzene rings is 1. The van der Waals surface area contributed by atoms with E-state index in [1.54, 1.807) is 7.11 Å². The number of hydrogen-bond donors (Lipinski definition) is 2. The first kappa shape index (κ1) is 24.3. The minimum Gasteiger partial charge on any atom is -0.495 e. The van der Waals surface area contributed by atoms with Crippen LogP contribution in [-0.2, 0) is 4.79 Å². The molecular formula is C28H39N6O3+. The molecule has 1 aromatic rings. The van der Waals surface area contributed by atoms with Gasteiger partial charge in [-0.3, -0.25) is 14.9 Å². The van der Waals surface area contributed by atoms with E-state index in [0.29, 0.717) is 28.3 Å². The third-order valence-electron chi connectivity index (χ3n) is 8.92. The van der Waals surface area contributed by atoms with E-state index in [4.69, 9.17) is 9.73 Å². The molecule has 3 fully saturated rings. The summed E-state index contributed by atoms with van der Waals surface area (Å²) in [7, 11) is 3.54. The van der Waals surface area contributed by atoms with Crippen molar-refractivity contribution < 1.29 is 18.8 Å². The molecule has 198 valence electrons.